The average molecular weight is 389 g/mol. The minimum Gasteiger partial charge on any atom is -0.352 e. The number of tetrazole rings is 1. The highest BCUT2D eigenvalue weighted by Crippen LogP contribution is 2.21. The summed E-state index contributed by atoms with van der Waals surface area (Å²) < 4.78 is 3.64. The van der Waals surface area contributed by atoms with E-state index in [1.165, 1.54) is 11.0 Å². The predicted octanol–water partition coefficient (Wildman–Crippen LogP) is 2.55. The highest BCUT2D eigenvalue weighted by molar-refractivity contribution is 5.83. The van der Waals surface area contributed by atoms with Gasteiger partial charge in [-0.25, -0.2) is 9.67 Å². The molecule has 0 saturated carbocycles. The molecule has 1 atom stereocenters. The van der Waals surface area contributed by atoms with Crippen molar-refractivity contribution in [2.75, 3.05) is 6.54 Å². The van der Waals surface area contributed by atoms with Crippen molar-refractivity contribution in [2.45, 2.75) is 32.4 Å². The molecular weight excluding hydrogens is 366 g/mol. The number of aromatic nitrogens is 6. The Hall–Kier alpha value is -3.55. The Morgan fingerprint density at radius 2 is 1.83 bits per heavy atom. The van der Waals surface area contributed by atoms with E-state index >= 15 is 0 Å². The Kier molecular flexibility index (Phi) is 5.33. The van der Waals surface area contributed by atoms with Crippen molar-refractivity contribution in [3.63, 3.8) is 0 Å². The summed E-state index contributed by atoms with van der Waals surface area (Å²) in [7, 11) is 0. The van der Waals surface area contributed by atoms with Crippen LogP contribution in [0.2, 0.25) is 0 Å². The first kappa shape index (κ1) is 18.8. The zero-order valence-electron chi connectivity index (χ0n) is 16.4. The number of hydrogen-bond acceptors (Lipinski definition) is 5. The van der Waals surface area contributed by atoms with Gasteiger partial charge in [-0.15, -0.1) is 5.10 Å². The van der Waals surface area contributed by atoms with E-state index in [4.69, 9.17) is 4.98 Å². The molecule has 2 aromatic carbocycles. The van der Waals surface area contributed by atoms with Crippen LogP contribution in [0, 0.1) is 0 Å². The van der Waals surface area contributed by atoms with Gasteiger partial charge in [-0.3, -0.25) is 4.79 Å². The number of amides is 1. The molecule has 1 amide bonds. The molecule has 0 bridgehead atoms. The molecule has 2 heterocycles. The van der Waals surface area contributed by atoms with Crippen LogP contribution in [-0.2, 0) is 11.3 Å². The largest absolute Gasteiger partial charge is 0.352 e. The zero-order chi connectivity index (χ0) is 20.2. The normalized spacial score (nSPS) is 12.4. The maximum absolute atomic E-state index is 13.0. The van der Waals surface area contributed by atoms with Crippen LogP contribution in [0.15, 0.2) is 60.9 Å². The second-order valence-corrected chi connectivity index (χ2v) is 7.16. The molecule has 29 heavy (non-hydrogen) atoms. The smallest absolute Gasteiger partial charge is 0.249 e. The average Bonchev–Trinajstić information content (AvgIpc) is 3.38. The van der Waals surface area contributed by atoms with Crippen molar-refractivity contribution >= 4 is 16.9 Å². The number of carbonyl (C=O) groups is 1. The van der Waals surface area contributed by atoms with Crippen molar-refractivity contribution < 1.29 is 4.79 Å². The molecule has 8 nitrogen and oxygen atoms in total. The minimum atomic E-state index is -0.615. The lowest BCUT2D eigenvalue weighted by atomic mass is 10.1. The summed E-state index contributed by atoms with van der Waals surface area (Å²) in [4.78, 5) is 17.8. The summed E-state index contributed by atoms with van der Waals surface area (Å²) in [5.41, 5.74) is 2.87. The van der Waals surface area contributed by atoms with Gasteiger partial charge in [-0.2, -0.15) is 0 Å². The maximum atomic E-state index is 13.0. The van der Waals surface area contributed by atoms with Crippen LogP contribution >= 0.6 is 0 Å². The van der Waals surface area contributed by atoms with E-state index in [-0.39, 0.29) is 11.8 Å². The first-order chi connectivity index (χ1) is 14.1. The Balaban J connectivity index is 1.52. The molecule has 4 aromatic rings. The van der Waals surface area contributed by atoms with Crippen molar-refractivity contribution in [1.82, 2.24) is 35.1 Å². The number of carbonyl (C=O) groups excluding carboxylic acids is 1. The molecule has 0 radical (unpaired) electrons. The van der Waals surface area contributed by atoms with E-state index in [0.29, 0.717) is 13.1 Å². The Bertz CT molecular complexity index is 1090. The van der Waals surface area contributed by atoms with Crippen LogP contribution in [0.5, 0.6) is 0 Å². The van der Waals surface area contributed by atoms with Crippen LogP contribution < -0.4 is 5.32 Å². The summed E-state index contributed by atoms with van der Waals surface area (Å²) in [5.74, 6) is 1.15. The SMILES string of the molecule is CC(C)c1nc2ccccc2n1CCNC(=O)[C@H](c1ccccc1)n1cnnn1. The predicted molar refractivity (Wildman–Crippen MR) is 109 cm³/mol. The molecule has 0 unspecified atom stereocenters. The second kappa shape index (κ2) is 8.22. The molecule has 0 aliphatic rings. The highest BCUT2D eigenvalue weighted by Gasteiger charge is 2.23. The number of nitrogens with zero attached hydrogens (tertiary/aromatic N) is 6. The number of rotatable bonds is 7. The molecule has 0 saturated heterocycles. The number of imidazole rings is 1. The van der Waals surface area contributed by atoms with E-state index in [2.05, 4.69) is 45.3 Å². The van der Waals surface area contributed by atoms with Gasteiger partial charge in [0.15, 0.2) is 6.04 Å². The fourth-order valence-corrected chi connectivity index (χ4v) is 3.50. The third-order valence-corrected chi connectivity index (χ3v) is 4.83. The van der Waals surface area contributed by atoms with Crippen LogP contribution in [0.1, 0.15) is 37.2 Å². The first-order valence-corrected chi connectivity index (χ1v) is 9.65. The quantitative estimate of drug-likeness (QED) is 0.525. The van der Waals surface area contributed by atoms with Gasteiger partial charge in [0.2, 0.25) is 5.91 Å². The number of hydrogen-bond donors (Lipinski definition) is 1. The van der Waals surface area contributed by atoms with E-state index < -0.39 is 6.04 Å². The van der Waals surface area contributed by atoms with Gasteiger partial charge in [0.25, 0.3) is 0 Å². The molecule has 148 valence electrons. The van der Waals surface area contributed by atoms with Crippen molar-refractivity contribution in [3.8, 4) is 0 Å². The zero-order valence-corrected chi connectivity index (χ0v) is 16.4. The fourth-order valence-electron chi connectivity index (χ4n) is 3.50. The molecule has 4 rings (SSSR count). The van der Waals surface area contributed by atoms with Gasteiger partial charge in [-0.05, 0) is 28.1 Å². The van der Waals surface area contributed by atoms with E-state index in [9.17, 15) is 4.79 Å². The number of fused-ring (bicyclic) bond motifs is 1. The van der Waals surface area contributed by atoms with Crippen LogP contribution in [0.3, 0.4) is 0 Å². The lowest BCUT2D eigenvalue weighted by Crippen LogP contribution is -2.35. The Morgan fingerprint density at radius 1 is 1.07 bits per heavy atom. The summed E-state index contributed by atoms with van der Waals surface area (Å²) >= 11 is 0. The molecule has 0 aliphatic carbocycles. The Labute approximate surface area is 168 Å². The van der Waals surface area contributed by atoms with Crippen LogP contribution in [0.25, 0.3) is 11.0 Å². The van der Waals surface area contributed by atoms with Gasteiger partial charge in [0.1, 0.15) is 12.2 Å². The molecular formula is C21H23N7O. The lowest BCUT2D eigenvalue weighted by molar-refractivity contribution is -0.123. The van der Waals surface area contributed by atoms with E-state index in [1.807, 2.05) is 48.5 Å². The molecule has 0 fully saturated rings. The van der Waals surface area contributed by atoms with E-state index in [0.717, 1.165) is 22.4 Å². The fraction of sp³-hybridized carbons (Fsp3) is 0.286. The third-order valence-electron chi connectivity index (χ3n) is 4.83. The van der Waals surface area contributed by atoms with E-state index in [1.54, 1.807) is 0 Å². The monoisotopic (exact) mass is 389 g/mol. The molecule has 0 spiro atoms. The molecule has 0 aliphatic heterocycles. The Morgan fingerprint density at radius 3 is 2.55 bits per heavy atom. The number of nitrogens with one attached hydrogen (secondary N) is 1. The molecule has 2 aromatic heterocycles. The summed E-state index contributed by atoms with van der Waals surface area (Å²) in [6, 6.07) is 16.9. The molecule has 8 heteroatoms. The summed E-state index contributed by atoms with van der Waals surface area (Å²) in [6.45, 7) is 5.36. The van der Waals surface area contributed by atoms with Crippen molar-refractivity contribution in [2.24, 2.45) is 0 Å². The van der Waals surface area contributed by atoms with Gasteiger partial charge in [-0.1, -0.05) is 56.3 Å². The number of benzene rings is 2. The van der Waals surface area contributed by atoms with Gasteiger partial charge >= 0.3 is 0 Å². The summed E-state index contributed by atoms with van der Waals surface area (Å²) in [6.07, 6.45) is 1.46. The van der Waals surface area contributed by atoms with Gasteiger partial charge < -0.3 is 9.88 Å². The van der Waals surface area contributed by atoms with Crippen LogP contribution in [-0.4, -0.2) is 42.2 Å². The topological polar surface area (TPSA) is 90.5 Å². The lowest BCUT2D eigenvalue weighted by Gasteiger charge is -2.17. The highest BCUT2D eigenvalue weighted by atomic mass is 16.2. The van der Waals surface area contributed by atoms with Gasteiger partial charge in [0, 0.05) is 19.0 Å². The standard InChI is InChI=1S/C21H23N7O/c1-15(2)20-24-17-10-6-7-11-18(17)27(20)13-12-22-21(29)19(28-14-23-25-26-28)16-8-4-3-5-9-16/h3-11,14-15,19H,12-13H2,1-2H3,(H,22,29)/t19-/m0/s1. The minimum absolute atomic E-state index is 0.154. The first-order valence-electron chi connectivity index (χ1n) is 9.65. The van der Waals surface area contributed by atoms with Crippen LogP contribution in [0.4, 0.5) is 0 Å². The van der Waals surface area contributed by atoms with Gasteiger partial charge in [0.05, 0.1) is 11.0 Å². The maximum Gasteiger partial charge on any atom is 0.249 e. The van der Waals surface area contributed by atoms with Crippen molar-refractivity contribution in [3.05, 3.63) is 72.3 Å². The third kappa shape index (κ3) is 3.87. The second-order valence-electron chi connectivity index (χ2n) is 7.16. The van der Waals surface area contributed by atoms with Crippen molar-refractivity contribution in [1.29, 1.82) is 0 Å². The molecule has 1 N–H and O–H groups in total. The summed E-state index contributed by atoms with van der Waals surface area (Å²) in [5, 5.41) is 14.3. The number of para-hydroxylation sites is 2.